The smallest absolute Gasteiger partial charge is 0.411 e. The maximum Gasteiger partial charge on any atom is 0.411 e. The average molecular weight is 1160 g/mol. The topological polar surface area (TPSA) is 150 Å². The van der Waals surface area contributed by atoms with Gasteiger partial charge in [-0.25, -0.2) is 24.0 Å². The Hall–Kier alpha value is -8.53. The zero-order valence-electron chi connectivity index (χ0n) is 49.2. The van der Waals surface area contributed by atoms with Gasteiger partial charge in [0.2, 0.25) is 0 Å². The number of unbranched alkanes of at least 4 members (excludes halogenated alkanes) is 1. The Morgan fingerprint density at radius 2 is 0.847 bits per heavy atom. The van der Waals surface area contributed by atoms with E-state index in [0.717, 1.165) is 38.9 Å². The zero-order valence-corrected chi connectivity index (χ0v) is 50.2. The van der Waals surface area contributed by atoms with Gasteiger partial charge in [0.05, 0.1) is 6.10 Å². The first-order valence-electron chi connectivity index (χ1n) is 29.4. The van der Waals surface area contributed by atoms with E-state index in [1.165, 1.54) is 4.90 Å². The number of amides is 3. The number of carbonyl (C=O) groups excluding carboxylic acids is 5. The number of hydrogen-bond acceptors (Lipinski definition) is 11. The van der Waals surface area contributed by atoms with Gasteiger partial charge in [-0.2, -0.15) is 0 Å². The first-order chi connectivity index (χ1) is 41.1. The van der Waals surface area contributed by atoms with Crippen molar-refractivity contribution in [1.82, 2.24) is 14.7 Å². The molecule has 2 heterocycles. The van der Waals surface area contributed by atoms with E-state index in [0.29, 0.717) is 12.8 Å². The van der Waals surface area contributed by atoms with Crippen LogP contribution in [0.25, 0.3) is 0 Å². The molecule has 7 aromatic rings. The summed E-state index contributed by atoms with van der Waals surface area (Å²) in [5.74, 6) is -1.16. The number of esters is 2. The minimum absolute atomic E-state index is 0.00621. The number of benzene rings is 7. The highest BCUT2D eigenvalue weighted by atomic mass is 28.4. The summed E-state index contributed by atoms with van der Waals surface area (Å²) in [6, 6.07) is 62.4. The van der Waals surface area contributed by atoms with Crippen molar-refractivity contribution in [2.45, 2.75) is 133 Å². The summed E-state index contributed by atoms with van der Waals surface area (Å²) in [6.45, 7) is 10.9. The molecule has 7 atom stereocenters. The van der Waals surface area contributed by atoms with Crippen LogP contribution in [0.3, 0.4) is 0 Å². The molecule has 0 bridgehead atoms. The molecule has 442 valence electrons. The third-order valence-corrected chi connectivity index (χ3v) is 20.9. The van der Waals surface area contributed by atoms with E-state index in [1.54, 1.807) is 9.80 Å². The lowest BCUT2D eigenvalue weighted by Crippen LogP contribution is -2.55. The van der Waals surface area contributed by atoms with Crippen LogP contribution in [-0.2, 0) is 57.5 Å². The van der Waals surface area contributed by atoms with Gasteiger partial charge in [0.15, 0.2) is 20.5 Å². The van der Waals surface area contributed by atoms with Crippen molar-refractivity contribution in [2.75, 3.05) is 13.1 Å². The summed E-state index contributed by atoms with van der Waals surface area (Å²) in [7, 11) is -2.64. The average Bonchev–Trinajstić information content (AvgIpc) is 1.36. The van der Waals surface area contributed by atoms with Crippen LogP contribution in [-0.4, -0.2) is 84.5 Å². The summed E-state index contributed by atoms with van der Waals surface area (Å²) in [5, 5.41) is -0.262. The zero-order chi connectivity index (χ0) is 59.8. The molecule has 1 unspecified atom stereocenters. The van der Waals surface area contributed by atoms with Gasteiger partial charge in [0, 0.05) is 13.1 Å². The summed E-state index contributed by atoms with van der Waals surface area (Å²) in [6.07, 6.45) is -2.98. The van der Waals surface area contributed by atoms with E-state index < -0.39 is 81.0 Å². The maximum atomic E-state index is 14.9. The Morgan fingerprint density at radius 1 is 0.494 bits per heavy atom. The fourth-order valence-electron chi connectivity index (χ4n) is 10.9. The minimum atomic E-state index is -2.64. The highest BCUT2D eigenvalue weighted by Gasteiger charge is 2.50. The Labute approximate surface area is 500 Å². The van der Waals surface area contributed by atoms with Gasteiger partial charge in [-0.15, -0.1) is 0 Å². The van der Waals surface area contributed by atoms with Crippen LogP contribution in [0, 0.1) is 0 Å². The first-order valence-corrected chi connectivity index (χ1v) is 32.3. The number of rotatable bonds is 22. The summed E-state index contributed by atoms with van der Waals surface area (Å²) >= 11 is 0. The number of carbonyl (C=O) groups is 5. The van der Waals surface area contributed by atoms with E-state index in [2.05, 4.69) is 33.9 Å². The molecule has 0 N–H and O–H groups in total. The van der Waals surface area contributed by atoms with Crippen LogP contribution in [0.5, 0.6) is 0 Å². The largest absolute Gasteiger partial charge is 0.453 e. The van der Waals surface area contributed by atoms with Crippen molar-refractivity contribution in [3.8, 4) is 0 Å². The molecule has 3 amide bonds. The van der Waals surface area contributed by atoms with Gasteiger partial charge in [0.1, 0.15) is 44.0 Å². The van der Waals surface area contributed by atoms with Crippen LogP contribution in [0.2, 0.25) is 18.1 Å². The Bertz CT molecular complexity index is 3250. The molecule has 0 aromatic heterocycles. The van der Waals surface area contributed by atoms with E-state index in [4.69, 9.17) is 28.1 Å². The number of cyclic esters (lactones) is 2. The normalized spacial score (nSPS) is 19.2. The van der Waals surface area contributed by atoms with Gasteiger partial charge in [-0.05, 0) is 89.2 Å². The standard InChI is InChI=1S/C70H77N3O11Si/c1-70(2,3)85(4,5)84-58(44-45-60-66(75)83-64(57-41-25-12-26-42-57)62(55-37-21-10-22-38-55)73(60)69(78)81-50-53-33-17-8-18-34-53)47-71(67(76)79-48-51-29-13-6-14-30-51)46-28-27-43-59-65(74)82-63(56-39-23-11-24-40-56)61(54-35-19-9-20-36-54)72(59)68(77)80-49-52-31-15-7-16-32-52/h6-26,29-42,58-64H,27-28,43-50H2,1-5H3/t58?,59-,60-,61-,62-,63+,64+/m0/s1. The summed E-state index contributed by atoms with van der Waals surface area (Å²) < 4.78 is 38.3. The van der Waals surface area contributed by atoms with Crippen LogP contribution in [0.15, 0.2) is 212 Å². The van der Waals surface area contributed by atoms with Crippen molar-refractivity contribution >= 4 is 38.5 Å². The maximum absolute atomic E-state index is 14.9. The van der Waals surface area contributed by atoms with Gasteiger partial charge in [-0.3, -0.25) is 9.80 Å². The molecule has 0 saturated carbocycles. The number of hydrogen-bond donors (Lipinski definition) is 0. The van der Waals surface area contributed by atoms with E-state index in [9.17, 15) is 24.0 Å². The summed E-state index contributed by atoms with van der Waals surface area (Å²) in [5.41, 5.74) is 5.36. The predicted molar refractivity (Wildman–Crippen MR) is 327 cm³/mol. The number of nitrogens with zero attached hydrogens (tertiary/aromatic N) is 3. The fraction of sp³-hybridized carbons (Fsp3) is 0.329. The molecular formula is C70H77N3O11Si. The molecule has 0 aliphatic carbocycles. The molecule has 85 heavy (non-hydrogen) atoms. The van der Waals surface area contributed by atoms with Crippen molar-refractivity contribution in [3.05, 3.63) is 251 Å². The molecule has 2 aliphatic heterocycles. The lowest BCUT2D eigenvalue weighted by molar-refractivity contribution is -0.174. The van der Waals surface area contributed by atoms with Gasteiger partial charge in [-0.1, -0.05) is 233 Å². The van der Waals surface area contributed by atoms with Crippen molar-refractivity contribution in [1.29, 1.82) is 0 Å². The second kappa shape index (κ2) is 28.8. The number of ether oxygens (including phenoxy) is 5. The second-order valence-corrected chi connectivity index (χ2v) is 28.0. The Kier molecular flexibility index (Phi) is 20.7. The third-order valence-electron chi connectivity index (χ3n) is 16.3. The molecule has 2 aliphatic rings. The van der Waals surface area contributed by atoms with E-state index >= 15 is 0 Å². The van der Waals surface area contributed by atoms with Crippen molar-refractivity contribution in [3.63, 3.8) is 0 Å². The lowest BCUT2D eigenvalue weighted by atomic mass is 9.90. The monoisotopic (exact) mass is 1160 g/mol. The van der Waals surface area contributed by atoms with Gasteiger partial charge >= 0.3 is 30.2 Å². The molecule has 14 nitrogen and oxygen atoms in total. The molecule has 0 spiro atoms. The first kappa shape index (κ1) is 61.0. The van der Waals surface area contributed by atoms with Crippen molar-refractivity contribution in [2.24, 2.45) is 0 Å². The molecule has 2 saturated heterocycles. The molecular weight excluding hydrogens is 1090 g/mol. The van der Waals surface area contributed by atoms with E-state index in [1.807, 2.05) is 212 Å². The molecule has 9 rings (SSSR count). The fourth-order valence-corrected chi connectivity index (χ4v) is 12.2. The third kappa shape index (κ3) is 15.8. The SMILES string of the molecule is CC(C)(C)[Si](C)(C)OC(CC[C@H]1C(=O)O[C@H](c2ccccc2)[C@H](c2ccccc2)N1C(=O)OCc1ccccc1)CN(CCCC[C@H]1C(=O)O[C@H](c2ccccc2)[C@H](c2ccccc2)N1C(=O)OCc1ccccc1)C(=O)OCc1ccccc1. The second-order valence-electron chi connectivity index (χ2n) is 23.2. The summed E-state index contributed by atoms with van der Waals surface area (Å²) in [4.78, 5) is 78.3. The van der Waals surface area contributed by atoms with Crippen LogP contribution in [0.4, 0.5) is 14.4 Å². The lowest BCUT2D eigenvalue weighted by Gasteiger charge is -2.45. The highest BCUT2D eigenvalue weighted by molar-refractivity contribution is 6.74. The molecule has 2 fully saturated rings. The molecule has 0 radical (unpaired) electrons. The molecule has 7 aromatic carbocycles. The van der Waals surface area contributed by atoms with Gasteiger partial charge in [0.25, 0.3) is 0 Å². The number of morpholine rings is 2. The van der Waals surface area contributed by atoms with Crippen LogP contribution in [0.1, 0.15) is 116 Å². The predicted octanol–water partition coefficient (Wildman–Crippen LogP) is 15.1. The Morgan fingerprint density at radius 3 is 1.24 bits per heavy atom. The Balaban J connectivity index is 1.00. The van der Waals surface area contributed by atoms with Crippen molar-refractivity contribution < 1.29 is 52.1 Å². The highest BCUT2D eigenvalue weighted by Crippen LogP contribution is 2.46. The van der Waals surface area contributed by atoms with E-state index in [-0.39, 0.29) is 57.2 Å². The van der Waals surface area contributed by atoms with Gasteiger partial charge < -0.3 is 33.0 Å². The minimum Gasteiger partial charge on any atom is -0.453 e. The molecule has 15 heteroatoms. The van der Waals surface area contributed by atoms with Crippen LogP contribution >= 0.6 is 0 Å². The van der Waals surface area contributed by atoms with Crippen LogP contribution < -0.4 is 0 Å². The quantitative estimate of drug-likeness (QED) is 0.0276.